The van der Waals surface area contributed by atoms with E-state index >= 15 is 0 Å². The zero-order valence-electron chi connectivity index (χ0n) is 12.9. The van der Waals surface area contributed by atoms with Crippen LogP contribution < -0.4 is 0 Å². The Balaban J connectivity index is 2.05. The molecule has 110 valence electrons. The largest absolute Gasteiger partial charge is 0.373 e. The molecule has 3 nitrogen and oxygen atoms in total. The van der Waals surface area contributed by atoms with Crippen molar-refractivity contribution in [1.82, 2.24) is 4.90 Å². The van der Waals surface area contributed by atoms with Crippen molar-refractivity contribution in [3.05, 3.63) is 35.9 Å². The monoisotopic (exact) mass is 275 g/mol. The Hall–Kier alpha value is -1.19. The van der Waals surface area contributed by atoms with E-state index in [2.05, 4.69) is 18.7 Å². The molecule has 3 heteroatoms. The number of ketones is 1. The molecule has 1 aliphatic rings. The molecule has 1 fully saturated rings. The molecule has 20 heavy (non-hydrogen) atoms. The Morgan fingerprint density at radius 2 is 1.75 bits per heavy atom. The summed E-state index contributed by atoms with van der Waals surface area (Å²) in [5.41, 5.74) is 0.421. The van der Waals surface area contributed by atoms with E-state index in [0.29, 0.717) is 0 Å². The van der Waals surface area contributed by atoms with Crippen LogP contribution in [-0.4, -0.2) is 42.5 Å². The van der Waals surface area contributed by atoms with Gasteiger partial charge in [0.25, 0.3) is 0 Å². The van der Waals surface area contributed by atoms with Crippen LogP contribution in [0.25, 0.3) is 0 Å². The Bertz CT molecular complexity index is 445. The maximum Gasteiger partial charge on any atom is 0.169 e. The van der Waals surface area contributed by atoms with Crippen molar-refractivity contribution >= 4 is 5.78 Å². The number of ether oxygens (including phenoxy) is 1. The Morgan fingerprint density at radius 1 is 1.20 bits per heavy atom. The highest BCUT2D eigenvalue weighted by Gasteiger charge is 2.33. The molecule has 2 rings (SSSR count). The summed E-state index contributed by atoms with van der Waals surface area (Å²) >= 11 is 0. The number of hydrogen-bond donors (Lipinski definition) is 0. The Labute approximate surface area is 121 Å². The molecule has 0 radical (unpaired) electrons. The summed E-state index contributed by atoms with van der Waals surface area (Å²) in [6, 6.07) is 9.57. The predicted octanol–water partition coefficient (Wildman–Crippen LogP) is 3.00. The second kappa shape index (κ2) is 6.06. The third kappa shape index (κ3) is 3.68. The van der Waals surface area contributed by atoms with Crippen LogP contribution in [0.4, 0.5) is 0 Å². The highest BCUT2D eigenvalue weighted by molar-refractivity contribution is 6.00. The van der Waals surface area contributed by atoms with Crippen LogP contribution in [-0.2, 0) is 4.74 Å². The van der Waals surface area contributed by atoms with Crippen molar-refractivity contribution < 1.29 is 9.53 Å². The van der Waals surface area contributed by atoms with Crippen LogP contribution in [0.1, 0.15) is 38.1 Å². The molecule has 0 aliphatic carbocycles. The van der Waals surface area contributed by atoms with Gasteiger partial charge in [0.05, 0.1) is 12.2 Å². The predicted molar refractivity (Wildman–Crippen MR) is 81.0 cm³/mol. The normalized spacial score (nSPS) is 24.6. The molecule has 1 saturated heterocycles. The van der Waals surface area contributed by atoms with Gasteiger partial charge in [-0.1, -0.05) is 44.2 Å². The molecule has 1 aromatic carbocycles. The highest BCUT2D eigenvalue weighted by atomic mass is 16.5. The van der Waals surface area contributed by atoms with E-state index in [1.165, 1.54) is 0 Å². The summed E-state index contributed by atoms with van der Waals surface area (Å²) in [5, 5.41) is 0. The molecule has 0 bridgehead atoms. The number of carbonyl (C=O) groups is 1. The zero-order valence-corrected chi connectivity index (χ0v) is 12.9. The van der Waals surface area contributed by atoms with E-state index < -0.39 is 0 Å². The van der Waals surface area contributed by atoms with Crippen LogP contribution in [0.2, 0.25) is 0 Å². The molecule has 0 aromatic heterocycles. The van der Waals surface area contributed by atoms with Crippen molar-refractivity contribution in [3.8, 4) is 0 Å². The summed E-state index contributed by atoms with van der Waals surface area (Å²) in [7, 11) is 0. The fourth-order valence-electron chi connectivity index (χ4n) is 3.02. The SMILES string of the molecule is C[C@@H]1CN(CC(C)(C)C(=O)c2ccccc2)C[C@H](C)O1. The Kier molecular flexibility index (Phi) is 4.61. The summed E-state index contributed by atoms with van der Waals surface area (Å²) in [4.78, 5) is 15.0. The van der Waals surface area contributed by atoms with Gasteiger partial charge in [-0.2, -0.15) is 0 Å². The van der Waals surface area contributed by atoms with Crippen molar-refractivity contribution in [3.63, 3.8) is 0 Å². The molecule has 1 aliphatic heterocycles. The first-order valence-corrected chi connectivity index (χ1v) is 7.36. The van der Waals surface area contributed by atoms with Gasteiger partial charge < -0.3 is 4.74 Å². The number of hydrogen-bond acceptors (Lipinski definition) is 3. The second-order valence-corrected chi connectivity index (χ2v) is 6.53. The molecule has 2 atom stereocenters. The third-order valence-corrected chi connectivity index (χ3v) is 3.76. The molecule has 0 unspecified atom stereocenters. The summed E-state index contributed by atoms with van der Waals surface area (Å²) < 4.78 is 5.75. The number of morpholine rings is 1. The first kappa shape index (κ1) is 15.2. The van der Waals surface area contributed by atoms with E-state index in [-0.39, 0.29) is 23.4 Å². The molecular weight excluding hydrogens is 250 g/mol. The number of carbonyl (C=O) groups excluding carboxylic acids is 1. The minimum Gasteiger partial charge on any atom is -0.373 e. The first-order chi connectivity index (χ1) is 9.38. The maximum atomic E-state index is 12.6. The molecule has 1 aromatic rings. The van der Waals surface area contributed by atoms with Crippen LogP contribution >= 0.6 is 0 Å². The molecule has 1 heterocycles. The van der Waals surface area contributed by atoms with Gasteiger partial charge in [0.2, 0.25) is 0 Å². The molecule has 0 amide bonds. The lowest BCUT2D eigenvalue weighted by Crippen LogP contribution is -2.50. The lowest BCUT2D eigenvalue weighted by Gasteiger charge is -2.39. The van der Waals surface area contributed by atoms with Crippen LogP contribution in [0.5, 0.6) is 0 Å². The fraction of sp³-hybridized carbons (Fsp3) is 0.588. The molecule has 0 saturated carbocycles. The van der Waals surface area contributed by atoms with Gasteiger partial charge in [-0.05, 0) is 13.8 Å². The standard InChI is InChI=1S/C17H25NO2/c1-13-10-18(11-14(2)20-13)12-17(3,4)16(19)15-8-6-5-7-9-15/h5-9,13-14H,10-12H2,1-4H3/t13-,14+. The van der Waals surface area contributed by atoms with Gasteiger partial charge in [-0.25, -0.2) is 0 Å². The van der Waals surface area contributed by atoms with Gasteiger partial charge in [-0.3, -0.25) is 9.69 Å². The van der Waals surface area contributed by atoms with Gasteiger partial charge in [0, 0.05) is 30.6 Å². The lowest BCUT2D eigenvalue weighted by atomic mass is 9.83. The molecular formula is C17H25NO2. The van der Waals surface area contributed by atoms with E-state index in [4.69, 9.17) is 4.74 Å². The number of Topliss-reactive ketones (excluding diaryl/α,β-unsaturated/α-hetero) is 1. The minimum absolute atomic E-state index is 0.213. The summed E-state index contributed by atoms with van der Waals surface area (Å²) in [6.07, 6.45) is 0.475. The number of benzene rings is 1. The van der Waals surface area contributed by atoms with Gasteiger partial charge in [0.1, 0.15) is 0 Å². The van der Waals surface area contributed by atoms with E-state index in [1.54, 1.807) is 0 Å². The third-order valence-electron chi connectivity index (χ3n) is 3.76. The van der Waals surface area contributed by atoms with Crippen LogP contribution in [0.15, 0.2) is 30.3 Å². The highest BCUT2D eigenvalue weighted by Crippen LogP contribution is 2.25. The summed E-state index contributed by atoms with van der Waals surface area (Å²) in [6.45, 7) is 10.8. The molecule has 0 spiro atoms. The van der Waals surface area contributed by atoms with E-state index in [9.17, 15) is 4.79 Å². The maximum absolute atomic E-state index is 12.6. The minimum atomic E-state index is -0.377. The average molecular weight is 275 g/mol. The first-order valence-electron chi connectivity index (χ1n) is 7.36. The smallest absolute Gasteiger partial charge is 0.169 e. The average Bonchev–Trinajstić information content (AvgIpc) is 2.37. The summed E-state index contributed by atoms with van der Waals surface area (Å²) in [5.74, 6) is 0.213. The van der Waals surface area contributed by atoms with E-state index in [1.807, 2.05) is 44.2 Å². The Morgan fingerprint density at radius 3 is 2.30 bits per heavy atom. The molecule has 0 N–H and O–H groups in total. The van der Waals surface area contributed by atoms with Crippen molar-refractivity contribution in [1.29, 1.82) is 0 Å². The number of rotatable bonds is 4. The van der Waals surface area contributed by atoms with Crippen molar-refractivity contribution in [2.24, 2.45) is 5.41 Å². The van der Waals surface area contributed by atoms with Crippen molar-refractivity contribution in [2.75, 3.05) is 19.6 Å². The number of nitrogens with zero attached hydrogens (tertiary/aromatic N) is 1. The second-order valence-electron chi connectivity index (χ2n) is 6.53. The lowest BCUT2D eigenvalue weighted by molar-refractivity contribution is -0.0738. The van der Waals surface area contributed by atoms with Crippen LogP contribution in [0.3, 0.4) is 0 Å². The fourth-order valence-corrected chi connectivity index (χ4v) is 3.02. The zero-order chi connectivity index (χ0) is 14.8. The van der Waals surface area contributed by atoms with Gasteiger partial charge >= 0.3 is 0 Å². The van der Waals surface area contributed by atoms with Gasteiger partial charge in [0.15, 0.2) is 5.78 Å². The topological polar surface area (TPSA) is 29.5 Å². The van der Waals surface area contributed by atoms with Gasteiger partial charge in [-0.15, -0.1) is 0 Å². The van der Waals surface area contributed by atoms with Crippen molar-refractivity contribution in [2.45, 2.75) is 39.9 Å². The quantitative estimate of drug-likeness (QED) is 0.791. The van der Waals surface area contributed by atoms with E-state index in [0.717, 1.165) is 25.2 Å². The van der Waals surface area contributed by atoms with Crippen LogP contribution in [0, 0.1) is 5.41 Å².